The number of hydrogen-bond donors (Lipinski definition) is 1. The lowest BCUT2D eigenvalue weighted by Crippen LogP contribution is -2.30. The van der Waals surface area contributed by atoms with Crippen molar-refractivity contribution in [3.05, 3.63) is 58.7 Å². The maximum absolute atomic E-state index is 13.2. The lowest BCUT2D eigenvalue weighted by molar-refractivity contribution is -0.139. The number of benzene rings is 2. The van der Waals surface area contributed by atoms with Gasteiger partial charge in [-0.2, -0.15) is 0 Å². The molecule has 2 aromatic carbocycles. The number of carbonyl (C=O) groups is 2. The van der Waals surface area contributed by atoms with Gasteiger partial charge in [-0.3, -0.25) is 9.59 Å². The fourth-order valence-electron chi connectivity index (χ4n) is 4.15. The number of carbonyl (C=O) groups excluding carboxylic acids is 2. The van der Waals surface area contributed by atoms with E-state index in [1.54, 1.807) is 43.5 Å². The van der Waals surface area contributed by atoms with Crippen molar-refractivity contribution in [2.45, 2.75) is 52.7 Å². The van der Waals surface area contributed by atoms with Gasteiger partial charge in [-0.15, -0.1) is 0 Å². The summed E-state index contributed by atoms with van der Waals surface area (Å²) < 4.78 is 16.6. The van der Waals surface area contributed by atoms with E-state index in [0.29, 0.717) is 34.9 Å². The van der Waals surface area contributed by atoms with E-state index in [0.717, 1.165) is 18.4 Å². The van der Waals surface area contributed by atoms with Gasteiger partial charge in [0.05, 0.1) is 31.9 Å². The molecule has 1 saturated heterocycles. The van der Waals surface area contributed by atoms with Gasteiger partial charge in [0, 0.05) is 12.1 Å². The molecule has 1 atom stereocenters. The Morgan fingerprint density at radius 1 is 1.03 bits per heavy atom. The average Bonchev–Trinajstić information content (AvgIpc) is 3.07. The summed E-state index contributed by atoms with van der Waals surface area (Å²) in [5.41, 5.74) is 1.99. The topological polar surface area (TPSA) is 85.3 Å². The first-order chi connectivity index (χ1) is 16.2. The van der Waals surface area contributed by atoms with Gasteiger partial charge in [-0.05, 0) is 68.7 Å². The predicted molar refractivity (Wildman–Crippen MR) is 130 cm³/mol. The van der Waals surface area contributed by atoms with Crippen LogP contribution in [0, 0.1) is 6.92 Å². The molecule has 0 radical (unpaired) electrons. The molecular formula is C27H33NO6. The second-order valence-electron chi connectivity index (χ2n) is 8.61. The lowest BCUT2D eigenvalue weighted by Gasteiger charge is -2.26. The molecule has 0 bridgehead atoms. The van der Waals surface area contributed by atoms with E-state index >= 15 is 0 Å². The van der Waals surface area contributed by atoms with Gasteiger partial charge < -0.3 is 24.2 Å². The van der Waals surface area contributed by atoms with Gasteiger partial charge in [-0.1, -0.05) is 19.4 Å². The summed E-state index contributed by atoms with van der Waals surface area (Å²) in [6.45, 7) is 8.17. The molecule has 0 spiro atoms. The second kappa shape index (κ2) is 10.6. The molecular weight excluding hydrogens is 434 g/mol. The molecule has 1 heterocycles. The molecule has 1 fully saturated rings. The third kappa shape index (κ3) is 4.88. The first-order valence-corrected chi connectivity index (χ1v) is 11.5. The van der Waals surface area contributed by atoms with Gasteiger partial charge in [0.1, 0.15) is 11.5 Å². The highest BCUT2D eigenvalue weighted by Crippen LogP contribution is 2.42. The Bertz CT molecular complexity index is 1100. The van der Waals surface area contributed by atoms with Crippen LogP contribution >= 0.6 is 0 Å². The maximum atomic E-state index is 13.2. The highest BCUT2D eigenvalue weighted by atomic mass is 16.5. The number of aliphatic hydroxyl groups excluding tert-OH is 1. The summed E-state index contributed by atoms with van der Waals surface area (Å²) in [4.78, 5) is 27.7. The van der Waals surface area contributed by atoms with Crippen LogP contribution in [0.5, 0.6) is 17.2 Å². The first kappa shape index (κ1) is 25.1. The van der Waals surface area contributed by atoms with E-state index in [4.69, 9.17) is 14.2 Å². The summed E-state index contributed by atoms with van der Waals surface area (Å²) in [6, 6.07) is 9.75. The van der Waals surface area contributed by atoms with Gasteiger partial charge in [0.2, 0.25) is 0 Å². The molecule has 1 amide bonds. The van der Waals surface area contributed by atoms with Crippen LogP contribution in [0.2, 0.25) is 0 Å². The van der Waals surface area contributed by atoms with Crippen LogP contribution in [-0.4, -0.2) is 48.6 Å². The summed E-state index contributed by atoms with van der Waals surface area (Å²) in [5.74, 6) is 0.183. The molecule has 0 aliphatic carbocycles. The number of hydrogen-bond acceptors (Lipinski definition) is 6. The predicted octanol–water partition coefficient (Wildman–Crippen LogP) is 5.02. The van der Waals surface area contributed by atoms with Crippen molar-refractivity contribution in [1.29, 1.82) is 0 Å². The van der Waals surface area contributed by atoms with Crippen molar-refractivity contribution in [2.75, 3.05) is 20.8 Å². The summed E-state index contributed by atoms with van der Waals surface area (Å²) in [6.07, 6.45) is 1.60. The van der Waals surface area contributed by atoms with Crippen LogP contribution in [-0.2, 0) is 9.59 Å². The van der Waals surface area contributed by atoms with E-state index in [1.807, 2.05) is 27.7 Å². The monoisotopic (exact) mass is 467 g/mol. The van der Waals surface area contributed by atoms with E-state index in [9.17, 15) is 14.7 Å². The SMILES string of the molecule is CCCCN1C(=O)C(=O)/C(=C(\O)c2ccc(OC(C)C)c(C)c2)C1c1ccc(OC)c(OC)c1. The normalized spacial score (nSPS) is 17.4. The van der Waals surface area contributed by atoms with Gasteiger partial charge >= 0.3 is 0 Å². The molecule has 34 heavy (non-hydrogen) atoms. The number of aryl methyl sites for hydroxylation is 1. The summed E-state index contributed by atoms with van der Waals surface area (Å²) in [5, 5.41) is 11.3. The number of Topliss-reactive ketones (excluding diaryl/α,β-unsaturated/α-hetero) is 1. The number of ketones is 1. The molecule has 1 aliphatic rings. The number of ether oxygens (including phenoxy) is 3. The number of unbranched alkanes of at least 4 members (excludes halogenated alkanes) is 1. The third-order valence-electron chi connectivity index (χ3n) is 5.83. The smallest absolute Gasteiger partial charge is 0.295 e. The number of likely N-dealkylation sites (tertiary alicyclic amines) is 1. The zero-order valence-electron chi connectivity index (χ0n) is 20.7. The lowest BCUT2D eigenvalue weighted by atomic mass is 9.94. The van der Waals surface area contributed by atoms with Crippen LogP contribution in [0.15, 0.2) is 42.0 Å². The number of methoxy groups -OCH3 is 2. The van der Waals surface area contributed by atoms with Crippen molar-refractivity contribution in [2.24, 2.45) is 0 Å². The molecule has 3 rings (SSSR count). The van der Waals surface area contributed by atoms with Crippen LogP contribution in [0.4, 0.5) is 0 Å². The number of amides is 1. The maximum Gasteiger partial charge on any atom is 0.295 e. The molecule has 7 heteroatoms. The fraction of sp³-hybridized carbons (Fsp3) is 0.407. The number of rotatable bonds is 9. The first-order valence-electron chi connectivity index (χ1n) is 11.5. The molecule has 1 N–H and O–H groups in total. The van der Waals surface area contributed by atoms with Crippen LogP contribution < -0.4 is 14.2 Å². The van der Waals surface area contributed by atoms with Crippen molar-refractivity contribution < 1.29 is 28.9 Å². The van der Waals surface area contributed by atoms with Crippen molar-refractivity contribution in [1.82, 2.24) is 4.90 Å². The summed E-state index contributed by atoms with van der Waals surface area (Å²) >= 11 is 0. The van der Waals surface area contributed by atoms with Crippen LogP contribution in [0.1, 0.15) is 56.3 Å². The van der Waals surface area contributed by atoms with Crippen LogP contribution in [0.25, 0.3) is 5.76 Å². The minimum atomic E-state index is -0.738. The quantitative estimate of drug-likeness (QED) is 0.317. The van der Waals surface area contributed by atoms with Crippen molar-refractivity contribution in [3.63, 3.8) is 0 Å². The Morgan fingerprint density at radius 3 is 2.29 bits per heavy atom. The van der Waals surface area contributed by atoms with E-state index in [2.05, 4.69) is 0 Å². The average molecular weight is 468 g/mol. The van der Waals surface area contributed by atoms with E-state index in [1.165, 1.54) is 12.0 Å². The van der Waals surface area contributed by atoms with E-state index in [-0.39, 0.29) is 17.4 Å². The molecule has 182 valence electrons. The van der Waals surface area contributed by atoms with Crippen molar-refractivity contribution in [3.8, 4) is 17.2 Å². The molecule has 2 aromatic rings. The Hall–Kier alpha value is -3.48. The Kier molecular flexibility index (Phi) is 7.87. The van der Waals surface area contributed by atoms with E-state index < -0.39 is 17.7 Å². The Morgan fingerprint density at radius 2 is 1.71 bits per heavy atom. The number of nitrogens with zero attached hydrogens (tertiary/aromatic N) is 1. The Labute approximate surface area is 200 Å². The Balaban J connectivity index is 2.16. The van der Waals surface area contributed by atoms with Crippen molar-refractivity contribution >= 4 is 17.4 Å². The zero-order valence-corrected chi connectivity index (χ0v) is 20.7. The molecule has 1 aliphatic heterocycles. The van der Waals surface area contributed by atoms with Crippen LogP contribution in [0.3, 0.4) is 0 Å². The third-order valence-corrected chi connectivity index (χ3v) is 5.83. The minimum absolute atomic E-state index is 0.00656. The highest BCUT2D eigenvalue weighted by molar-refractivity contribution is 6.46. The summed E-state index contributed by atoms with van der Waals surface area (Å²) in [7, 11) is 3.07. The largest absolute Gasteiger partial charge is 0.507 e. The molecule has 0 saturated carbocycles. The zero-order chi connectivity index (χ0) is 25.0. The highest BCUT2D eigenvalue weighted by Gasteiger charge is 2.46. The molecule has 7 nitrogen and oxygen atoms in total. The van der Waals surface area contributed by atoms with Gasteiger partial charge in [-0.25, -0.2) is 0 Å². The fourth-order valence-corrected chi connectivity index (χ4v) is 4.15. The standard InChI is InChI=1S/C27H33NO6/c1-7-8-13-28-24(18-9-12-21(32-5)22(15-18)33-6)23(26(30)27(28)31)25(29)19-10-11-20(17(4)14-19)34-16(2)3/h9-12,14-16,24,29H,7-8,13H2,1-6H3/b25-23-. The minimum Gasteiger partial charge on any atom is -0.507 e. The molecule has 0 aromatic heterocycles. The van der Waals surface area contributed by atoms with Gasteiger partial charge in [0.25, 0.3) is 11.7 Å². The van der Waals surface area contributed by atoms with Gasteiger partial charge in [0.15, 0.2) is 11.5 Å². The second-order valence-corrected chi connectivity index (χ2v) is 8.61. The molecule has 1 unspecified atom stereocenters. The number of aliphatic hydroxyl groups is 1.